The molecule has 0 aliphatic rings. The number of urea groups is 1. The fourth-order valence-electron chi connectivity index (χ4n) is 2.59. The first-order chi connectivity index (χ1) is 15.1. The summed E-state index contributed by atoms with van der Waals surface area (Å²) >= 11 is 3.09. The van der Waals surface area contributed by atoms with Crippen molar-refractivity contribution in [3.05, 3.63) is 88.7 Å². The number of alkyl halides is 3. The number of pyridine rings is 1. The van der Waals surface area contributed by atoms with Gasteiger partial charge < -0.3 is 5.32 Å². The van der Waals surface area contributed by atoms with E-state index < -0.39 is 27.8 Å². The Morgan fingerprint density at radius 3 is 2.41 bits per heavy atom. The molecule has 2 amide bonds. The zero-order valence-electron chi connectivity index (χ0n) is 16.2. The minimum Gasteiger partial charge on any atom is -0.332 e. The molecule has 0 atom stereocenters. The van der Waals surface area contributed by atoms with Gasteiger partial charge in [-0.1, -0.05) is 24.3 Å². The van der Waals surface area contributed by atoms with Crippen LogP contribution in [0.3, 0.4) is 0 Å². The van der Waals surface area contributed by atoms with Crippen LogP contribution in [-0.4, -0.2) is 19.4 Å². The number of amides is 2. The maximum Gasteiger partial charge on any atom is 0.416 e. The normalized spacial score (nSPS) is 11.8. The monoisotopic (exact) mass is 528 g/mol. The summed E-state index contributed by atoms with van der Waals surface area (Å²) in [6, 6.07) is 12.0. The number of carbonyl (C=O) groups is 1. The summed E-state index contributed by atoms with van der Waals surface area (Å²) in [6.07, 6.45) is -1.68. The Morgan fingerprint density at radius 1 is 1.06 bits per heavy atom. The number of sulfonamides is 1. The highest BCUT2D eigenvalue weighted by Crippen LogP contribution is 2.35. The number of hydrogen-bond acceptors (Lipinski definition) is 4. The number of nitrogens with zero attached hydrogens (tertiary/aromatic N) is 2. The molecule has 2 N–H and O–H groups in total. The first kappa shape index (κ1) is 23.7. The molecule has 0 saturated carbocycles. The first-order valence-corrected chi connectivity index (χ1v) is 11.3. The van der Waals surface area contributed by atoms with Gasteiger partial charge in [-0.2, -0.15) is 13.2 Å². The van der Waals surface area contributed by atoms with Crippen LogP contribution in [0.25, 0.3) is 0 Å². The van der Waals surface area contributed by atoms with Gasteiger partial charge in [-0.25, -0.2) is 18.2 Å². The number of benzene rings is 2. The molecule has 0 fully saturated rings. The molecular formula is C20H16BrF3N4O3S. The third kappa shape index (κ3) is 5.84. The van der Waals surface area contributed by atoms with Crippen molar-refractivity contribution in [1.29, 1.82) is 0 Å². The zero-order valence-corrected chi connectivity index (χ0v) is 18.6. The molecule has 0 bridgehead atoms. The summed E-state index contributed by atoms with van der Waals surface area (Å²) in [5.74, 6) is 0. The highest BCUT2D eigenvalue weighted by atomic mass is 79.9. The van der Waals surface area contributed by atoms with Gasteiger partial charge in [0.15, 0.2) is 0 Å². The summed E-state index contributed by atoms with van der Waals surface area (Å²) < 4.78 is 65.5. The van der Waals surface area contributed by atoms with Crippen LogP contribution in [0.5, 0.6) is 0 Å². The fourth-order valence-corrected chi connectivity index (χ4v) is 4.06. The predicted octanol–water partition coefficient (Wildman–Crippen LogP) is 4.47. The molecule has 0 unspecified atom stereocenters. The number of hydrazine groups is 1. The van der Waals surface area contributed by atoms with Crippen LogP contribution in [-0.2, 0) is 22.7 Å². The van der Waals surface area contributed by atoms with Crippen molar-refractivity contribution >= 4 is 37.7 Å². The van der Waals surface area contributed by atoms with E-state index >= 15 is 0 Å². The highest BCUT2D eigenvalue weighted by molar-refractivity contribution is 9.10. The van der Waals surface area contributed by atoms with E-state index in [1.165, 1.54) is 36.7 Å². The molecule has 1 aromatic heterocycles. The van der Waals surface area contributed by atoms with E-state index in [-0.39, 0.29) is 21.6 Å². The van der Waals surface area contributed by atoms with Crippen LogP contribution >= 0.6 is 15.9 Å². The summed E-state index contributed by atoms with van der Waals surface area (Å²) in [7, 11) is -4.30. The highest BCUT2D eigenvalue weighted by Gasteiger charge is 2.33. The Hall–Kier alpha value is -2.96. The second-order valence-electron chi connectivity index (χ2n) is 6.43. The molecule has 3 aromatic rings. The fraction of sp³-hybridized carbons (Fsp3) is 0.100. The van der Waals surface area contributed by atoms with Crippen molar-refractivity contribution in [1.82, 2.24) is 15.1 Å². The molecule has 168 valence electrons. The third-order valence-corrected chi connectivity index (χ3v) is 6.14. The number of halogens is 4. The van der Waals surface area contributed by atoms with Gasteiger partial charge in [0.05, 0.1) is 16.1 Å². The number of carbonyl (C=O) groups excluding carboxylic acids is 1. The lowest BCUT2D eigenvalue weighted by Gasteiger charge is -2.25. The average Bonchev–Trinajstić information content (AvgIpc) is 2.77. The number of nitrogens with one attached hydrogen (secondary N) is 2. The minimum atomic E-state index is -4.70. The molecule has 0 aliphatic carbocycles. The van der Waals surface area contributed by atoms with E-state index in [9.17, 15) is 26.4 Å². The van der Waals surface area contributed by atoms with Crippen LogP contribution < -0.4 is 15.2 Å². The number of hydrogen-bond donors (Lipinski definition) is 2. The first-order valence-electron chi connectivity index (χ1n) is 8.99. The molecular weight excluding hydrogens is 513 g/mol. The van der Waals surface area contributed by atoms with E-state index in [1.54, 1.807) is 18.2 Å². The molecule has 2 aromatic carbocycles. The number of aromatic nitrogens is 1. The van der Waals surface area contributed by atoms with Gasteiger partial charge in [-0.05, 0) is 57.9 Å². The summed E-state index contributed by atoms with van der Waals surface area (Å²) in [4.78, 5) is 18.7. The standard InChI is InChI=1S/C20H16BrF3N4O3S/c21-17-9-8-15(20(22,23)24)11-18(17)28(19(29)26-13-14-5-4-10-25-12-14)27-32(30,31)16-6-2-1-3-7-16/h1-12,27H,13H2,(H,26,29). The topological polar surface area (TPSA) is 91.4 Å². The van der Waals surface area contributed by atoms with Gasteiger partial charge in [-0.15, -0.1) is 4.83 Å². The van der Waals surface area contributed by atoms with E-state index in [2.05, 4.69) is 31.1 Å². The molecule has 1 heterocycles. The lowest BCUT2D eigenvalue weighted by atomic mass is 10.2. The number of rotatable bonds is 6. The van der Waals surface area contributed by atoms with Crippen molar-refractivity contribution in [2.45, 2.75) is 17.6 Å². The van der Waals surface area contributed by atoms with E-state index in [0.717, 1.165) is 12.1 Å². The van der Waals surface area contributed by atoms with Crippen molar-refractivity contribution in [2.24, 2.45) is 0 Å². The van der Waals surface area contributed by atoms with Gasteiger partial charge in [-0.3, -0.25) is 4.98 Å². The Morgan fingerprint density at radius 2 is 1.78 bits per heavy atom. The van der Waals surface area contributed by atoms with Gasteiger partial charge in [0, 0.05) is 23.4 Å². The Labute approximate surface area is 190 Å². The smallest absolute Gasteiger partial charge is 0.332 e. The van der Waals surface area contributed by atoms with E-state index in [0.29, 0.717) is 16.6 Å². The van der Waals surface area contributed by atoms with Crippen LogP contribution in [0.15, 0.2) is 82.4 Å². The maximum absolute atomic E-state index is 13.3. The van der Waals surface area contributed by atoms with E-state index in [1.807, 2.05) is 0 Å². The van der Waals surface area contributed by atoms with Crippen molar-refractivity contribution in [3.63, 3.8) is 0 Å². The molecule has 0 radical (unpaired) electrons. The summed E-state index contributed by atoms with van der Waals surface area (Å²) in [6.45, 7) is -0.0349. The largest absolute Gasteiger partial charge is 0.416 e. The van der Waals surface area contributed by atoms with Crippen LogP contribution in [0.4, 0.5) is 23.7 Å². The molecule has 12 heteroatoms. The SMILES string of the molecule is O=C(NCc1cccnc1)N(NS(=O)(=O)c1ccccc1)c1cc(C(F)(F)F)ccc1Br. The maximum atomic E-state index is 13.3. The quantitative estimate of drug-likeness (QED) is 0.461. The van der Waals surface area contributed by atoms with Crippen LogP contribution in [0, 0.1) is 0 Å². The number of anilines is 1. The Balaban J connectivity index is 1.98. The molecule has 7 nitrogen and oxygen atoms in total. The van der Waals surface area contributed by atoms with Crippen molar-refractivity contribution in [3.8, 4) is 0 Å². The predicted molar refractivity (Wildman–Crippen MR) is 115 cm³/mol. The van der Waals surface area contributed by atoms with Gasteiger partial charge in [0.1, 0.15) is 0 Å². The Kier molecular flexibility index (Phi) is 7.16. The summed E-state index contributed by atoms with van der Waals surface area (Å²) in [5, 5.41) is 2.99. The van der Waals surface area contributed by atoms with Crippen molar-refractivity contribution in [2.75, 3.05) is 5.01 Å². The lowest BCUT2D eigenvalue weighted by molar-refractivity contribution is -0.137. The minimum absolute atomic E-state index is 0.0349. The van der Waals surface area contributed by atoms with Gasteiger partial charge >= 0.3 is 12.2 Å². The average molecular weight is 529 g/mol. The second-order valence-corrected chi connectivity index (χ2v) is 8.94. The molecule has 0 saturated heterocycles. The Bertz CT molecular complexity index is 1190. The van der Waals surface area contributed by atoms with Crippen LogP contribution in [0.1, 0.15) is 11.1 Å². The van der Waals surface area contributed by atoms with E-state index in [4.69, 9.17) is 0 Å². The molecule has 32 heavy (non-hydrogen) atoms. The van der Waals surface area contributed by atoms with Crippen molar-refractivity contribution < 1.29 is 26.4 Å². The molecule has 0 aliphatic heterocycles. The summed E-state index contributed by atoms with van der Waals surface area (Å²) in [5.41, 5.74) is -0.794. The third-order valence-electron chi connectivity index (χ3n) is 4.15. The molecule has 0 spiro atoms. The van der Waals surface area contributed by atoms with Gasteiger partial charge in [0.2, 0.25) is 0 Å². The second kappa shape index (κ2) is 9.67. The molecule has 3 rings (SSSR count). The zero-order chi connectivity index (χ0) is 23.4. The van der Waals surface area contributed by atoms with Crippen LogP contribution in [0.2, 0.25) is 0 Å². The lowest BCUT2D eigenvalue weighted by Crippen LogP contribution is -2.51. The van der Waals surface area contributed by atoms with Gasteiger partial charge in [0.25, 0.3) is 10.0 Å².